The zero-order chi connectivity index (χ0) is 6.69. The van der Waals surface area contributed by atoms with E-state index in [1.54, 1.807) is 23.2 Å². The minimum absolute atomic E-state index is 0.870. The summed E-state index contributed by atoms with van der Waals surface area (Å²) in [6, 6.07) is 0. The van der Waals surface area contributed by atoms with Crippen LogP contribution in [-0.4, -0.2) is 9.55 Å². The summed E-state index contributed by atoms with van der Waals surface area (Å²) >= 11 is 0. The normalized spacial score (nSPS) is 8.89. The van der Waals surface area contributed by atoms with Gasteiger partial charge in [0.25, 0.3) is 0 Å². The number of hydrogen-bond acceptors (Lipinski definition) is 1. The molecule has 0 saturated carbocycles. The van der Waals surface area contributed by atoms with Crippen molar-refractivity contribution in [1.82, 2.24) is 9.55 Å². The number of rotatable bonds is 2. The molecule has 2 nitrogen and oxygen atoms in total. The van der Waals surface area contributed by atoms with Crippen LogP contribution in [0.2, 0.25) is 0 Å². The molecular weight excluding hydrogens is 112 g/mol. The summed E-state index contributed by atoms with van der Waals surface area (Å²) in [7, 11) is 0. The first-order valence-corrected chi connectivity index (χ1v) is 2.65. The summed E-state index contributed by atoms with van der Waals surface area (Å²) in [6.45, 7) is 7.14. The molecule has 1 aromatic heterocycles. The van der Waals surface area contributed by atoms with Crippen molar-refractivity contribution in [3.8, 4) is 0 Å². The molecule has 1 aromatic rings. The Hall–Kier alpha value is -1.31. The van der Waals surface area contributed by atoms with Crippen LogP contribution in [-0.2, 0) is 0 Å². The predicted molar refractivity (Wildman–Crippen MR) is 38.7 cm³/mol. The number of imidazole rings is 1. The van der Waals surface area contributed by atoms with Crippen LogP contribution in [0.25, 0.3) is 12.3 Å². The lowest BCUT2D eigenvalue weighted by molar-refractivity contribution is 1.14. The molecule has 0 aliphatic rings. The Morgan fingerprint density at radius 3 is 2.67 bits per heavy atom. The first kappa shape index (κ1) is 5.82. The summed E-state index contributed by atoms with van der Waals surface area (Å²) in [6.07, 6.45) is 6.91. The maximum absolute atomic E-state index is 3.98. The van der Waals surface area contributed by atoms with Crippen molar-refractivity contribution >= 4 is 12.3 Å². The predicted octanol–water partition coefficient (Wildman–Crippen LogP) is 1.63. The molecule has 0 N–H and O–H groups in total. The molecule has 0 amide bonds. The molecule has 1 heterocycles. The molecule has 0 radical (unpaired) electrons. The monoisotopic (exact) mass is 120 g/mol. The highest BCUT2D eigenvalue weighted by Crippen LogP contribution is 1.95. The van der Waals surface area contributed by atoms with Crippen LogP contribution in [0, 0.1) is 0 Å². The first-order valence-electron chi connectivity index (χ1n) is 2.65. The van der Waals surface area contributed by atoms with E-state index < -0.39 is 0 Å². The third-order valence-corrected chi connectivity index (χ3v) is 1.04. The third kappa shape index (κ3) is 1.08. The van der Waals surface area contributed by atoms with Crippen LogP contribution in [0.4, 0.5) is 0 Å². The molecule has 0 unspecified atom stereocenters. The van der Waals surface area contributed by atoms with Gasteiger partial charge in [0.05, 0.1) is 12.0 Å². The largest absolute Gasteiger partial charge is 0.313 e. The molecule has 0 atom stereocenters. The average Bonchev–Trinajstić information content (AvgIpc) is 2.34. The quantitative estimate of drug-likeness (QED) is 0.580. The van der Waals surface area contributed by atoms with Gasteiger partial charge in [-0.2, -0.15) is 0 Å². The van der Waals surface area contributed by atoms with Crippen LogP contribution in [0.3, 0.4) is 0 Å². The smallest absolute Gasteiger partial charge is 0.0994 e. The fourth-order valence-corrected chi connectivity index (χ4v) is 0.558. The Morgan fingerprint density at radius 1 is 1.56 bits per heavy atom. The minimum atomic E-state index is 0.870. The summed E-state index contributed by atoms with van der Waals surface area (Å²) in [4.78, 5) is 3.98. The van der Waals surface area contributed by atoms with Crippen LogP contribution >= 0.6 is 0 Å². The minimum Gasteiger partial charge on any atom is -0.313 e. The lowest BCUT2D eigenvalue weighted by Crippen LogP contribution is -1.74. The van der Waals surface area contributed by atoms with Crippen molar-refractivity contribution in [1.29, 1.82) is 0 Å². The molecule has 0 aliphatic heterocycles. The van der Waals surface area contributed by atoms with Gasteiger partial charge < -0.3 is 4.57 Å². The van der Waals surface area contributed by atoms with Gasteiger partial charge in [-0.1, -0.05) is 13.2 Å². The van der Waals surface area contributed by atoms with Crippen molar-refractivity contribution in [2.24, 2.45) is 0 Å². The molecule has 0 fully saturated rings. The molecule has 0 aliphatic carbocycles. The Morgan fingerprint density at radius 2 is 2.33 bits per heavy atom. The lowest BCUT2D eigenvalue weighted by atomic mass is 10.5. The Bertz CT molecular complexity index is 200. The van der Waals surface area contributed by atoms with Crippen LogP contribution in [0.15, 0.2) is 25.7 Å². The van der Waals surface area contributed by atoms with Gasteiger partial charge in [0.15, 0.2) is 0 Å². The van der Waals surface area contributed by atoms with E-state index in [2.05, 4.69) is 18.1 Å². The van der Waals surface area contributed by atoms with Crippen molar-refractivity contribution < 1.29 is 0 Å². The van der Waals surface area contributed by atoms with E-state index in [-0.39, 0.29) is 0 Å². The SMILES string of the molecule is C=Cc1cn(C=C)cn1. The zero-order valence-electron chi connectivity index (χ0n) is 5.12. The van der Waals surface area contributed by atoms with E-state index in [9.17, 15) is 0 Å². The Labute approximate surface area is 54.2 Å². The molecule has 0 spiro atoms. The van der Waals surface area contributed by atoms with Gasteiger partial charge in [0, 0.05) is 12.4 Å². The van der Waals surface area contributed by atoms with E-state index in [0.29, 0.717) is 0 Å². The van der Waals surface area contributed by atoms with Gasteiger partial charge in [0.2, 0.25) is 0 Å². The zero-order valence-corrected chi connectivity index (χ0v) is 5.12. The maximum Gasteiger partial charge on any atom is 0.0994 e. The summed E-state index contributed by atoms with van der Waals surface area (Å²) in [5.74, 6) is 0. The molecule has 9 heavy (non-hydrogen) atoms. The highest BCUT2D eigenvalue weighted by atomic mass is 15.0. The summed E-state index contributed by atoms with van der Waals surface area (Å²) < 4.78 is 1.77. The second-order valence-corrected chi connectivity index (χ2v) is 1.63. The summed E-state index contributed by atoms with van der Waals surface area (Å²) in [5, 5.41) is 0. The fraction of sp³-hybridized carbons (Fsp3) is 0. The number of nitrogens with zero attached hydrogens (tertiary/aromatic N) is 2. The second-order valence-electron chi connectivity index (χ2n) is 1.63. The highest BCUT2D eigenvalue weighted by molar-refractivity contribution is 5.40. The van der Waals surface area contributed by atoms with Crippen LogP contribution in [0.5, 0.6) is 0 Å². The van der Waals surface area contributed by atoms with Crippen LogP contribution < -0.4 is 0 Å². The molecule has 0 bridgehead atoms. The second kappa shape index (κ2) is 2.31. The molecule has 1 rings (SSSR count). The standard InChI is InChI=1S/C7H8N2/c1-3-7-5-9(4-2)6-8-7/h3-6H,1-2H2. The number of aromatic nitrogens is 2. The Balaban J connectivity index is 2.98. The van der Waals surface area contributed by atoms with Crippen molar-refractivity contribution in [3.05, 3.63) is 31.4 Å². The number of hydrogen-bond donors (Lipinski definition) is 0. The van der Waals surface area contributed by atoms with Crippen molar-refractivity contribution in [2.45, 2.75) is 0 Å². The highest BCUT2D eigenvalue weighted by Gasteiger charge is 1.86. The van der Waals surface area contributed by atoms with Crippen LogP contribution in [0.1, 0.15) is 5.69 Å². The van der Waals surface area contributed by atoms with E-state index in [0.717, 1.165) is 5.69 Å². The van der Waals surface area contributed by atoms with Gasteiger partial charge in [0.1, 0.15) is 0 Å². The van der Waals surface area contributed by atoms with Gasteiger partial charge in [-0.25, -0.2) is 4.98 Å². The van der Waals surface area contributed by atoms with E-state index >= 15 is 0 Å². The lowest BCUT2D eigenvalue weighted by Gasteiger charge is -1.82. The van der Waals surface area contributed by atoms with Gasteiger partial charge >= 0.3 is 0 Å². The maximum atomic E-state index is 3.98. The molecule has 0 saturated heterocycles. The Kier molecular flexibility index (Phi) is 1.49. The molecule has 2 heteroatoms. The third-order valence-electron chi connectivity index (χ3n) is 1.04. The van der Waals surface area contributed by atoms with E-state index in [4.69, 9.17) is 0 Å². The first-order chi connectivity index (χ1) is 4.36. The topological polar surface area (TPSA) is 17.8 Å². The molecule has 0 aromatic carbocycles. The van der Waals surface area contributed by atoms with Crippen molar-refractivity contribution in [2.75, 3.05) is 0 Å². The van der Waals surface area contributed by atoms with E-state index in [1.165, 1.54) is 0 Å². The van der Waals surface area contributed by atoms with Gasteiger partial charge in [-0.3, -0.25) is 0 Å². The summed E-state index contributed by atoms with van der Waals surface area (Å²) in [5.41, 5.74) is 0.870. The molecule has 46 valence electrons. The average molecular weight is 120 g/mol. The molecular formula is C7H8N2. The van der Waals surface area contributed by atoms with Gasteiger partial charge in [-0.15, -0.1) is 0 Å². The van der Waals surface area contributed by atoms with Crippen molar-refractivity contribution in [3.63, 3.8) is 0 Å². The fourth-order valence-electron chi connectivity index (χ4n) is 0.558. The van der Waals surface area contributed by atoms with E-state index in [1.807, 2.05) is 6.20 Å². The van der Waals surface area contributed by atoms with Gasteiger partial charge in [-0.05, 0) is 6.08 Å².